The van der Waals surface area contributed by atoms with Crippen molar-refractivity contribution in [3.8, 4) is 0 Å². The van der Waals surface area contributed by atoms with Crippen molar-refractivity contribution < 1.29 is 41.0 Å². The summed E-state index contributed by atoms with van der Waals surface area (Å²) in [5.41, 5.74) is -3.89. The predicted molar refractivity (Wildman–Crippen MR) is 58.4 cm³/mol. The van der Waals surface area contributed by atoms with Gasteiger partial charge in [0.25, 0.3) is 0 Å². The first-order chi connectivity index (χ1) is 9.46. The molecule has 1 aromatic carbocycles. The van der Waals surface area contributed by atoms with E-state index in [9.17, 15) is 31.1 Å². The van der Waals surface area contributed by atoms with Crippen molar-refractivity contribution in [1.82, 2.24) is 0 Å². The summed E-state index contributed by atoms with van der Waals surface area (Å²) in [6, 6.07) is 0.599. The first-order valence-electron chi connectivity index (χ1n) is 5.60. The molecule has 0 spiro atoms. The number of halogens is 6. The molecule has 21 heavy (non-hydrogen) atoms. The Morgan fingerprint density at radius 3 is 1.81 bits per heavy atom. The Hall–Kier alpha value is -1.77. The van der Waals surface area contributed by atoms with Gasteiger partial charge in [0.2, 0.25) is 0 Å². The number of carboxylic acids is 1. The summed E-state index contributed by atoms with van der Waals surface area (Å²) < 4.78 is 80.5. The number of carbonyl (C=O) groups is 1. The van der Waals surface area contributed by atoms with Crippen LogP contribution in [0.15, 0.2) is 18.2 Å². The molecule has 9 heteroatoms. The van der Waals surface area contributed by atoms with Crippen LogP contribution in [-0.2, 0) is 21.9 Å². The third-order valence-corrected chi connectivity index (χ3v) is 2.47. The summed E-state index contributed by atoms with van der Waals surface area (Å²) in [6.45, 7) is 1.18. The monoisotopic (exact) mass is 316 g/mol. The fourth-order valence-corrected chi connectivity index (χ4v) is 1.61. The first kappa shape index (κ1) is 17.3. The smallest absolute Gasteiger partial charge is 0.416 e. The van der Waals surface area contributed by atoms with Crippen LogP contribution in [0.1, 0.15) is 29.7 Å². The fourth-order valence-electron chi connectivity index (χ4n) is 1.61. The number of hydrogen-bond acceptors (Lipinski definition) is 2. The zero-order valence-electron chi connectivity index (χ0n) is 10.5. The van der Waals surface area contributed by atoms with Gasteiger partial charge in [0, 0.05) is 6.61 Å². The van der Waals surface area contributed by atoms with Crippen molar-refractivity contribution in [3.05, 3.63) is 34.9 Å². The Labute approximate surface area is 115 Å². The quantitative estimate of drug-likeness (QED) is 0.857. The highest BCUT2D eigenvalue weighted by Gasteiger charge is 2.38. The molecule has 0 amide bonds. The van der Waals surface area contributed by atoms with Crippen LogP contribution in [-0.4, -0.2) is 17.7 Å². The Morgan fingerprint density at radius 2 is 1.52 bits per heavy atom. The molecular weight excluding hydrogens is 306 g/mol. The maximum absolute atomic E-state index is 12.6. The van der Waals surface area contributed by atoms with E-state index in [0.717, 1.165) is 0 Å². The van der Waals surface area contributed by atoms with Crippen LogP contribution in [0, 0.1) is 0 Å². The van der Waals surface area contributed by atoms with Gasteiger partial charge in [-0.05, 0) is 30.7 Å². The van der Waals surface area contributed by atoms with E-state index in [2.05, 4.69) is 0 Å². The average molecular weight is 316 g/mol. The third-order valence-electron chi connectivity index (χ3n) is 2.47. The van der Waals surface area contributed by atoms with Crippen LogP contribution in [0.3, 0.4) is 0 Å². The number of benzene rings is 1. The lowest BCUT2D eigenvalue weighted by atomic mass is 10.0. The maximum Gasteiger partial charge on any atom is 0.416 e. The molecule has 0 aliphatic heterocycles. The van der Waals surface area contributed by atoms with Gasteiger partial charge in [0.1, 0.15) is 0 Å². The standard InChI is InChI=1S/C12H10F6O3/c1-2-21-9(10(19)20)6-3-7(11(13,14)15)5-8(4-6)12(16,17)18/h3-5,9H,2H2,1H3,(H,19,20). The zero-order valence-corrected chi connectivity index (χ0v) is 10.5. The normalized spacial score (nSPS) is 14.0. The number of hydrogen-bond donors (Lipinski definition) is 1. The molecule has 0 aromatic heterocycles. The van der Waals surface area contributed by atoms with E-state index in [0.29, 0.717) is 12.1 Å². The van der Waals surface area contributed by atoms with Crippen molar-refractivity contribution in [2.24, 2.45) is 0 Å². The van der Waals surface area contributed by atoms with E-state index >= 15 is 0 Å². The summed E-state index contributed by atoms with van der Waals surface area (Å²) in [4.78, 5) is 10.9. The van der Waals surface area contributed by atoms with Crippen LogP contribution in [0.25, 0.3) is 0 Å². The Bertz CT molecular complexity index is 488. The van der Waals surface area contributed by atoms with E-state index in [1.807, 2.05) is 0 Å². The molecule has 1 N–H and O–H groups in total. The van der Waals surface area contributed by atoms with Crippen LogP contribution in [0.4, 0.5) is 26.3 Å². The summed E-state index contributed by atoms with van der Waals surface area (Å²) >= 11 is 0. The largest absolute Gasteiger partial charge is 0.479 e. The zero-order chi connectivity index (χ0) is 16.4. The molecule has 118 valence electrons. The maximum atomic E-state index is 12.6. The fraction of sp³-hybridized carbons (Fsp3) is 0.417. The van der Waals surface area contributed by atoms with Gasteiger partial charge in [0.05, 0.1) is 11.1 Å². The van der Waals surface area contributed by atoms with Gasteiger partial charge >= 0.3 is 18.3 Å². The van der Waals surface area contributed by atoms with Crippen molar-refractivity contribution in [2.75, 3.05) is 6.61 Å². The molecule has 1 rings (SSSR count). The predicted octanol–water partition coefficient (Wildman–Crippen LogP) is 3.89. The van der Waals surface area contributed by atoms with Crippen molar-refractivity contribution >= 4 is 5.97 Å². The first-order valence-corrected chi connectivity index (χ1v) is 5.60. The van der Waals surface area contributed by atoms with E-state index in [-0.39, 0.29) is 12.7 Å². The highest BCUT2D eigenvalue weighted by atomic mass is 19.4. The van der Waals surface area contributed by atoms with Crippen LogP contribution in [0.5, 0.6) is 0 Å². The second-order valence-corrected chi connectivity index (χ2v) is 4.01. The number of rotatable bonds is 4. The minimum Gasteiger partial charge on any atom is -0.479 e. The van der Waals surface area contributed by atoms with Crippen LogP contribution >= 0.6 is 0 Å². The highest BCUT2D eigenvalue weighted by Crippen LogP contribution is 2.37. The lowest BCUT2D eigenvalue weighted by Crippen LogP contribution is -2.18. The molecule has 0 aliphatic carbocycles. The number of alkyl halides is 6. The number of aliphatic carboxylic acids is 1. The molecule has 3 nitrogen and oxygen atoms in total. The van der Waals surface area contributed by atoms with Gasteiger partial charge in [-0.15, -0.1) is 0 Å². The number of ether oxygens (including phenoxy) is 1. The van der Waals surface area contributed by atoms with Crippen LogP contribution in [0.2, 0.25) is 0 Å². The topological polar surface area (TPSA) is 46.5 Å². The Morgan fingerprint density at radius 1 is 1.10 bits per heavy atom. The second-order valence-electron chi connectivity index (χ2n) is 4.01. The SMILES string of the molecule is CCOC(C(=O)O)c1cc(C(F)(F)F)cc(C(F)(F)F)c1. The average Bonchev–Trinajstić information content (AvgIpc) is 2.32. The second kappa shape index (κ2) is 5.92. The Balaban J connectivity index is 3.47. The molecular formula is C12H10F6O3. The van der Waals surface area contributed by atoms with Gasteiger partial charge in [-0.3, -0.25) is 0 Å². The van der Waals surface area contributed by atoms with Gasteiger partial charge in [-0.1, -0.05) is 0 Å². The van der Waals surface area contributed by atoms with E-state index in [1.54, 1.807) is 0 Å². The molecule has 0 saturated carbocycles. The van der Waals surface area contributed by atoms with Crippen LogP contribution < -0.4 is 0 Å². The summed E-state index contributed by atoms with van der Waals surface area (Å²) in [6.07, 6.45) is -12.0. The van der Waals surface area contributed by atoms with Gasteiger partial charge in [0.15, 0.2) is 6.10 Å². The van der Waals surface area contributed by atoms with Gasteiger partial charge in [-0.25, -0.2) is 4.79 Å². The third kappa shape index (κ3) is 4.35. The lowest BCUT2D eigenvalue weighted by molar-refractivity contribution is -0.152. The molecule has 0 saturated heterocycles. The summed E-state index contributed by atoms with van der Waals surface area (Å²) in [5.74, 6) is -1.68. The van der Waals surface area contributed by atoms with E-state index in [4.69, 9.17) is 9.84 Å². The molecule has 0 heterocycles. The van der Waals surface area contributed by atoms with Gasteiger partial charge in [-0.2, -0.15) is 26.3 Å². The molecule has 0 aliphatic rings. The van der Waals surface area contributed by atoms with E-state index < -0.39 is 41.1 Å². The summed E-state index contributed by atoms with van der Waals surface area (Å²) in [5, 5.41) is 8.86. The molecule has 0 bridgehead atoms. The number of carboxylic acid groups (broad SMARTS) is 1. The molecule has 0 radical (unpaired) electrons. The van der Waals surface area contributed by atoms with Crippen molar-refractivity contribution in [2.45, 2.75) is 25.4 Å². The molecule has 1 atom stereocenters. The minimum atomic E-state index is -5.04. The van der Waals surface area contributed by atoms with E-state index in [1.165, 1.54) is 6.92 Å². The molecule has 1 unspecified atom stereocenters. The van der Waals surface area contributed by atoms with Gasteiger partial charge < -0.3 is 9.84 Å². The molecule has 1 aromatic rings. The Kier molecular flexibility index (Phi) is 4.87. The highest BCUT2D eigenvalue weighted by molar-refractivity contribution is 5.74. The lowest BCUT2D eigenvalue weighted by Gasteiger charge is -2.18. The minimum absolute atomic E-state index is 0.0750. The van der Waals surface area contributed by atoms with Crippen molar-refractivity contribution in [3.63, 3.8) is 0 Å². The summed E-state index contributed by atoms with van der Waals surface area (Å²) in [7, 11) is 0. The molecule has 0 fully saturated rings. The van der Waals surface area contributed by atoms with Crippen molar-refractivity contribution in [1.29, 1.82) is 0 Å².